The van der Waals surface area contributed by atoms with E-state index in [0.29, 0.717) is 0 Å². The topological polar surface area (TPSA) is 38.0 Å². The van der Waals surface area contributed by atoms with E-state index in [2.05, 4.69) is 4.72 Å². The van der Waals surface area contributed by atoms with Crippen LogP contribution in [0.25, 0.3) is 0 Å². The first-order chi connectivity index (χ1) is 2.91. The van der Waals surface area contributed by atoms with Crippen LogP contribution >= 0.6 is 11.9 Å². The lowest BCUT2D eigenvalue weighted by Crippen LogP contribution is -2.15. The first-order valence-electron chi connectivity index (χ1n) is 1.87. The molecule has 2 nitrogen and oxygen atoms in total. The Morgan fingerprint density at radius 1 is 1.83 bits per heavy atom. The summed E-state index contributed by atoms with van der Waals surface area (Å²) >= 11 is 1.60. The molecule has 0 aliphatic heterocycles. The average Bonchev–Trinajstić information content (AvgIpc) is 1.61. The van der Waals surface area contributed by atoms with E-state index in [1.807, 2.05) is 6.26 Å². The van der Waals surface area contributed by atoms with E-state index in [1.54, 1.807) is 11.9 Å². The predicted molar refractivity (Wildman–Crippen MR) is 30.6 cm³/mol. The zero-order valence-corrected chi connectivity index (χ0v) is 4.72. The maximum absolute atomic E-state index is 5.14. The van der Waals surface area contributed by atoms with Crippen LogP contribution in [-0.4, -0.2) is 19.3 Å². The summed E-state index contributed by atoms with van der Waals surface area (Å²) < 4.78 is 2.99. The standard InChI is InChI=1S/C3H10N2S/c1-6-5-3-2-4/h5H,2-4H2,1H3. The van der Waals surface area contributed by atoms with Crippen LogP contribution in [0.15, 0.2) is 0 Å². The second kappa shape index (κ2) is 5.27. The third-order valence-corrected chi connectivity index (χ3v) is 0.884. The van der Waals surface area contributed by atoms with Crippen LogP contribution in [0, 0.1) is 0 Å². The van der Waals surface area contributed by atoms with Crippen molar-refractivity contribution in [2.75, 3.05) is 19.3 Å². The molecule has 0 rings (SSSR count). The summed E-state index contributed by atoms with van der Waals surface area (Å²) in [5.74, 6) is 0. The van der Waals surface area contributed by atoms with Gasteiger partial charge in [0.15, 0.2) is 0 Å². The molecule has 0 unspecified atom stereocenters. The average molecular weight is 106 g/mol. The molecule has 3 heteroatoms. The lowest BCUT2D eigenvalue weighted by atomic mass is 10.7. The fraction of sp³-hybridized carbons (Fsp3) is 1.00. The molecule has 0 amide bonds. The van der Waals surface area contributed by atoms with Gasteiger partial charge < -0.3 is 5.73 Å². The molecule has 6 heavy (non-hydrogen) atoms. The van der Waals surface area contributed by atoms with E-state index in [4.69, 9.17) is 5.73 Å². The van der Waals surface area contributed by atoms with Crippen LogP contribution in [0.5, 0.6) is 0 Å². The van der Waals surface area contributed by atoms with Crippen LogP contribution in [0.1, 0.15) is 0 Å². The number of nitrogens with two attached hydrogens (primary N) is 1. The van der Waals surface area contributed by atoms with Gasteiger partial charge in [-0.15, -0.1) is 0 Å². The summed E-state index contributed by atoms with van der Waals surface area (Å²) in [4.78, 5) is 0. The van der Waals surface area contributed by atoms with Crippen LogP contribution in [0.4, 0.5) is 0 Å². The minimum absolute atomic E-state index is 0.723. The molecular weight excluding hydrogens is 96.1 g/mol. The van der Waals surface area contributed by atoms with Crippen molar-refractivity contribution in [3.8, 4) is 0 Å². The molecule has 0 saturated carbocycles. The Hall–Kier alpha value is 0.270. The highest BCUT2D eigenvalue weighted by Gasteiger charge is 1.71. The molecule has 0 aliphatic carbocycles. The summed E-state index contributed by atoms with van der Waals surface area (Å²) in [6.07, 6.45) is 1.98. The van der Waals surface area contributed by atoms with Gasteiger partial charge in [-0.3, -0.25) is 4.72 Å². The maximum atomic E-state index is 5.14. The van der Waals surface area contributed by atoms with Gasteiger partial charge in [0.1, 0.15) is 0 Å². The Kier molecular flexibility index (Phi) is 5.51. The van der Waals surface area contributed by atoms with E-state index in [-0.39, 0.29) is 0 Å². The summed E-state index contributed by atoms with van der Waals surface area (Å²) in [6, 6.07) is 0. The van der Waals surface area contributed by atoms with Gasteiger partial charge in [0.25, 0.3) is 0 Å². The minimum Gasteiger partial charge on any atom is -0.329 e. The highest BCUT2D eigenvalue weighted by Crippen LogP contribution is 1.75. The third kappa shape index (κ3) is 4.27. The minimum atomic E-state index is 0.723. The molecule has 0 radical (unpaired) electrons. The van der Waals surface area contributed by atoms with Crippen molar-refractivity contribution in [3.05, 3.63) is 0 Å². The number of hydrogen-bond acceptors (Lipinski definition) is 3. The molecule has 0 aromatic heterocycles. The molecule has 0 aromatic carbocycles. The van der Waals surface area contributed by atoms with Crippen molar-refractivity contribution in [3.63, 3.8) is 0 Å². The Bertz CT molecular complexity index is 20.8. The Morgan fingerprint density at radius 3 is 2.67 bits per heavy atom. The van der Waals surface area contributed by atoms with Gasteiger partial charge >= 0.3 is 0 Å². The molecule has 0 bridgehead atoms. The first kappa shape index (κ1) is 6.27. The lowest BCUT2D eigenvalue weighted by molar-refractivity contribution is 0.919. The van der Waals surface area contributed by atoms with Crippen molar-refractivity contribution in [1.29, 1.82) is 0 Å². The molecular formula is C3H10N2S. The zero-order valence-electron chi connectivity index (χ0n) is 3.90. The summed E-state index contributed by atoms with van der Waals surface area (Å²) in [7, 11) is 0. The lowest BCUT2D eigenvalue weighted by Gasteiger charge is -1.91. The van der Waals surface area contributed by atoms with Gasteiger partial charge in [-0.2, -0.15) is 0 Å². The van der Waals surface area contributed by atoms with Crippen molar-refractivity contribution in [1.82, 2.24) is 4.72 Å². The van der Waals surface area contributed by atoms with E-state index < -0.39 is 0 Å². The zero-order chi connectivity index (χ0) is 4.83. The molecule has 38 valence electrons. The van der Waals surface area contributed by atoms with E-state index in [1.165, 1.54) is 0 Å². The summed E-state index contributed by atoms with van der Waals surface area (Å²) in [6.45, 7) is 1.63. The molecule has 0 atom stereocenters. The van der Waals surface area contributed by atoms with E-state index >= 15 is 0 Å². The predicted octanol–water partition coefficient (Wildman–Crippen LogP) is -0.187. The van der Waals surface area contributed by atoms with Crippen LogP contribution < -0.4 is 10.5 Å². The van der Waals surface area contributed by atoms with Gasteiger partial charge in [-0.25, -0.2) is 0 Å². The normalized spacial score (nSPS) is 9.00. The molecule has 0 saturated heterocycles. The maximum Gasteiger partial charge on any atom is 0.0182 e. The van der Waals surface area contributed by atoms with Gasteiger partial charge in [0.2, 0.25) is 0 Å². The van der Waals surface area contributed by atoms with E-state index in [9.17, 15) is 0 Å². The fourth-order valence-electron chi connectivity index (χ4n) is 0.161. The van der Waals surface area contributed by atoms with Crippen LogP contribution in [-0.2, 0) is 0 Å². The fourth-order valence-corrected chi connectivity index (χ4v) is 0.483. The van der Waals surface area contributed by atoms with Crippen LogP contribution in [0.2, 0.25) is 0 Å². The highest BCUT2D eigenvalue weighted by molar-refractivity contribution is 7.96. The molecule has 0 aromatic rings. The second-order valence-electron chi connectivity index (χ2n) is 0.887. The van der Waals surface area contributed by atoms with Gasteiger partial charge in [0.05, 0.1) is 0 Å². The second-order valence-corrected chi connectivity index (χ2v) is 1.58. The molecule has 0 spiro atoms. The Morgan fingerprint density at radius 2 is 2.50 bits per heavy atom. The van der Waals surface area contributed by atoms with Gasteiger partial charge in [-0.05, 0) is 6.26 Å². The van der Waals surface area contributed by atoms with Crippen molar-refractivity contribution in [2.24, 2.45) is 5.73 Å². The van der Waals surface area contributed by atoms with Gasteiger partial charge in [0, 0.05) is 13.1 Å². The highest BCUT2D eigenvalue weighted by atomic mass is 32.2. The van der Waals surface area contributed by atoms with Gasteiger partial charge in [-0.1, -0.05) is 11.9 Å². The number of nitrogens with one attached hydrogen (secondary N) is 1. The largest absolute Gasteiger partial charge is 0.329 e. The Labute approximate surface area is 42.6 Å². The van der Waals surface area contributed by atoms with Crippen molar-refractivity contribution in [2.45, 2.75) is 0 Å². The summed E-state index contributed by atoms with van der Waals surface area (Å²) in [5.41, 5.74) is 5.14. The molecule has 0 heterocycles. The smallest absolute Gasteiger partial charge is 0.0182 e. The summed E-state index contributed by atoms with van der Waals surface area (Å²) in [5, 5.41) is 0. The molecule has 0 aliphatic rings. The molecule has 0 fully saturated rings. The van der Waals surface area contributed by atoms with Crippen molar-refractivity contribution < 1.29 is 0 Å². The number of hydrogen-bond donors (Lipinski definition) is 2. The quantitative estimate of drug-likeness (QED) is 0.387. The van der Waals surface area contributed by atoms with Crippen molar-refractivity contribution >= 4 is 11.9 Å². The first-order valence-corrected chi connectivity index (χ1v) is 3.10. The van der Waals surface area contributed by atoms with Crippen LogP contribution in [0.3, 0.4) is 0 Å². The third-order valence-electron chi connectivity index (χ3n) is 0.391. The Balaban J connectivity index is 2.34. The van der Waals surface area contributed by atoms with E-state index in [0.717, 1.165) is 13.1 Å². The molecule has 3 N–H and O–H groups in total. The SMILES string of the molecule is CSNCCN. The number of rotatable bonds is 3. The monoisotopic (exact) mass is 106 g/mol.